The van der Waals surface area contributed by atoms with Crippen LogP contribution in [0.25, 0.3) is 0 Å². The quantitative estimate of drug-likeness (QED) is 0.560. The molecule has 0 saturated heterocycles. The van der Waals surface area contributed by atoms with Crippen molar-refractivity contribution in [2.24, 2.45) is 5.14 Å². The van der Waals surface area contributed by atoms with Crippen LogP contribution in [-0.4, -0.2) is 54.4 Å². The minimum Gasteiger partial charge on any atom is -0.490 e. The molecule has 33 heavy (non-hydrogen) atoms. The molecule has 3 rings (SSSR count). The molecule has 1 unspecified atom stereocenters. The Bertz CT molecular complexity index is 1210. The van der Waals surface area contributed by atoms with E-state index >= 15 is 0 Å². The molecule has 0 bridgehead atoms. The van der Waals surface area contributed by atoms with Gasteiger partial charge in [0.15, 0.2) is 11.5 Å². The molecule has 1 atom stereocenters. The lowest BCUT2D eigenvalue weighted by Crippen LogP contribution is -2.33. The molecule has 2 aromatic rings. The average molecular weight is 498 g/mol. The van der Waals surface area contributed by atoms with Gasteiger partial charge in [-0.15, -0.1) is 0 Å². The highest BCUT2D eigenvalue weighted by molar-refractivity contribution is 7.89. The molecule has 0 fully saturated rings. The molecule has 0 radical (unpaired) electrons. The summed E-state index contributed by atoms with van der Waals surface area (Å²) in [5.74, 6) is 0.585. The van der Waals surface area contributed by atoms with Crippen molar-refractivity contribution >= 4 is 26.0 Å². The van der Waals surface area contributed by atoms with Gasteiger partial charge in [-0.3, -0.25) is 4.79 Å². The first-order valence-electron chi connectivity index (χ1n) is 10.3. The Morgan fingerprint density at radius 2 is 1.64 bits per heavy atom. The second-order valence-corrected chi connectivity index (χ2v) is 10.9. The third kappa shape index (κ3) is 6.22. The third-order valence-electron chi connectivity index (χ3n) is 5.33. The number of carbonyl (C=O) groups is 1. The number of primary sulfonamides is 1. The number of carbonyl (C=O) groups excluding carboxylic acids is 1. The number of hydrogen-bond acceptors (Lipinski definition) is 7. The second-order valence-electron chi connectivity index (χ2n) is 7.60. The number of benzene rings is 2. The van der Waals surface area contributed by atoms with Crippen molar-refractivity contribution in [1.29, 1.82) is 0 Å². The van der Waals surface area contributed by atoms with Gasteiger partial charge in [0.05, 0.1) is 29.0 Å². The molecule has 12 heteroatoms. The van der Waals surface area contributed by atoms with Crippen LogP contribution < -0.4 is 19.3 Å². The maximum Gasteiger partial charge on any atom is 0.240 e. The van der Waals surface area contributed by atoms with Gasteiger partial charge in [-0.2, -0.15) is 0 Å². The minimum absolute atomic E-state index is 0.0170. The van der Waals surface area contributed by atoms with Crippen molar-refractivity contribution in [2.75, 3.05) is 26.8 Å². The molecule has 0 aliphatic carbocycles. The number of nitrogens with two attached hydrogens (primary N) is 1. The maximum atomic E-state index is 12.6. The smallest absolute Gasteiger partial charge is 0.240 e. The van der Waals surface area contributed by atoms with Crippen LogP contribution in [0.3, 0.4) is 0 Å². The fraction of sp³-hybridized carbons (Fsp3) is 0.381. The van der Waals surface area contributed by atoms with Crippen LogP contribution in [0.2, 0.25) is 0 Å². The summed E-state index contributed by atoms with van der Waals surface area (Å²) >= 11 is 0. The molecular formula is C21H27N3O7S2. The summed E-state index contributed by atoms with van der Waals surface area (Å²) in [5.41, 5.74) is 0.714. The van der Waals surface area contributed by atoms with Gasteiger partial charge in [0.1, 0.15) is 0 Å². The zero-order chi connectivity index (χ0) is 24.2. The Labute approximate surface area is 193 Å². The molecule has 1 aliphatic heterocycles. The number of nitrogens with zero attached hydrogens (tertiary/aromatic N) is 1. The van der Waals surface area contributed by atoms with Crippen LogP contribution in [-0.2, 0) is 24.8 Å². The van der Waals surface area contributed by atoms with Gasteiger partial charge >= 0.3 is 0 Å². The highest BCUT2D eigenvalue weighted by Gasteiger charge is 2.21. The SMILES string of the molecule is CC(c1ccc(S(N)(=O)=O)cc1)N(C)C(=O)CCNS(=O)(=O)c1ccc2c(c1)OCCCO2. The van der Waals surface area contributed by atoms with E-state index in [1.807, 2.05) is 0 Å². The lowest BCUT2D eigenvalue weighted by atomic mass is 10.1. The largest absolute Gasteiger partial charge is 0.490 e. The molecule has 180 valence electrons. The molecule has 3 N–H and O–H groups in total. The van der Waals surface area contributed by atoms with E-state index in [1.165, 1.54) is 29.2 Å². The molecule has 0 spiro atoms. The lowest BCUT2D eigenvalue weighted by Gasteiger charge is -2.25. The monoisotopic (exact) mass is 497 g/mol. The van der Waals surface area contributed by atoms with Crippen molar-refractivity contribution in [2.45, 2.75) is 35.6 Å². The van der Waals surface area contributed by atoms with Gasteiger partial charge in [-0.05, 0) is 36.8 Å². The zero-order valence-corrected chi connectivity index (χ0v) is 20.0. The van der Waals surface area contributed by atoms with Crippen LogP contribution in [0.15, 0.2) is 52.3 Å². The minimum atomic E-state index is -3.84. The highest BCUT2D eigenvalue weighted by Crippen LogP contribution is 2.31. The number of sulfonamides is 2. The molecule has 0 aromatic heterocycles. The molecular weight excluding hydrogens is 470 g/mol. The normalized spacial score (nSPS) is 14.9. The summed E-state index contributed by atoms with van der Waals surface area (Å²) in [4.78, 5) is 14.0. The topological polar surface area (TPSA) is 145 Å². The van der Waals surface area contributed by atoms with E-state index in [0.717, 1.165) is 0 Å². The highest BCUT2D eigenvalue weighted by atomic mass is 32.2. The van der Waals surface area contributed by atoms with Gasteiger partial charge < -0.3 is 14.4 Å². The molecule has 10 nitrogen and oxygen atoms in total. The Balaban J connectivity index is 1.58. The number of nitrogens with one attached hydrogen (secondary N) is 1. The van der Waals surface area contributed by atoms with Crippen LogP contribution in [0.4, 0.5) is 0 Å². The Kier molecular flexibility index (Phi) is 7.62. The molecule has 0 saturated carbocycles. The van der Waals surface area contributed by atoms with Gasteiger partial charge in [0.2, 0.25) is 26.0 Å². The third-order valence-corrected chi connectivity index (χ3v) is 7.71. The van der Waals surface area contributed by atoms with Gasteiger partial charge in [0.25, 0.3) is 0 Å². The van der Waals surface area contributed by atoms with E-state index in [2.05, 4.69) is 4.72 Å². The second kappa shape index (κ2) is 10.1. The van der Waals surface area contributed by atoms with E-state index in [-0.39, 0.29) is 34.7 Å². The van der Waals surface area contributed by atoms with Crippen molar-refractivity contribution in [3.8, 4) is 11.5 Å². The fourth-order valence-electron chi connectivity index (χ4n) is 3.24. The first-order valence-corrected chi connectivity index (χ1v) is 13.3. The summed E-state index contributed by atoms with van der Waals surface area (Å²) in [6.07, 6.45) is 0.652. The Morgan fingerprint density at radius 1 is 1.03 bits per heavy atom. The summed E-state index contributed by atoms with van der Waals surface area (Å²) < 4.78 is 61.5. The van der Waals surface area contributed by atoms with Gasteiger partial charge in [0, 0.05) is 32.5 Å². The number of rotatable bonds is 8. The number of ether oxygens (including phenoxy) is 2. The summed E-state index contributed by atoms with van der Waals surface area (Å²) in [6.45, 7) is 2.64. The molecule has 2 aromatic carbocycles. The lowest BCUT2D eigenvalue weighted by molar-refractivity contribution is -0.131. The molecule has 1 heterocycles. The first kappa shape index (κ1) is 25.0. The van der Waals surface area contributed by atoms with Crippen molar-refractivity contribution in [3.05, 3.63) is 48.0 Å². The fourth-order valence-corrected chi connectivity index (χ4v) is 4.80. The molecule has 1 aliphatic rings. The predicted octanol–water partition coefficient (Wildman–Crippen LogP) is 1.38. The summed E-state index contributed by atoms with van der Waals surface area (Å²) in [6, 6.07) is 9.96. The number of fused-ring (bicyclic) bond motifs is 1. The van der Waals surface area contributed by atoms with Crippen molar-refractivity contribution in [1.82, 2.24) is 9.62 Å². The van der Waals surface area contributed by atoms with E-state index in [1.54, 1.807) is 32.2 Å². The van der Waals surface area contributed by atoms with Crippen LogP contribution >= 0.6 is 0 Å². The Morgan fingerprint density at radius 3 is 2.27 bits per heavy atom. The zero-order valence-electron chi connectivity index (χ0n) is 18.4. The van der Waals surface area contributed by atoms with Crippen LogP contribution in [0.5, 0.6) is 11.5 Å². The summed E-state index contributed by atoms with van der Waals surface area (Å²) in [5, 5.41) is 5.10. The van der Waals surface area contributed by atoms with Gasteiger partial charge in [-0.25, -0.2) is 26.7 Å². The van der Waals surface area contributed by atoms with Crippen LogP contribution in [0, 0.1) is 0 Å². The van der Waals surface area contributed by atoms with Gasteiger partial charge in [-0.1, -0.05) is 12.1 Å². The standard InChI is InChI=1S/C21H27N3O7S2/c1-15(16-4-6-17(7-5-16)32(22,26)27)24(2)21(25)10-11-23-33(28,29)18-8-9-19-20(14-18)31-13-3-12-30-19/h4-9,14-15,23H,3,10-13H2,1-2H3,(H2,22,26,27). The first-order chi connectivity index (χ1) is 15.5. The van der Waals surface area contributed by atoms with Crippen molar-refractivity contribution < 1.29 is 31.1 Å². The molecule has 1 amide bonds. The number of hydrogen-bond donors (Lipinski definition) is 2. The van der Waals surface area contributed by atoms with E-state index < -0.39 is 20.0 Å². The van der Waals surface area contributed by atoms with Crippen LogP contribution in [0.1, 0.15) is 31.4 Å². The van der Waals surface area contributed by atoms with E-state index in [4.69, 9.17) is 14.6 Å². The average Bonchev–Trinajstić information content (AvgIpc) is 3.02. The number of amides is 1. The predicted molar refractivity (Wildman–Crippen MR) is 121 cm³/mol. The van der Waals surface area contributed by atoms with E-state index in [9.17, 15) is 21.6 Å². The Hall–Kier alpha value is -2.67. The summed E-state index contributed by atoms with van der Waals surface area (Å²) in [7, 11) is -6.05. The van der Waals surface area contributed by atoms with Crippen molar-refractivity contribution in [3.63, 3.8) is 0 Å². The maximum absolute atomic E-state index is 12.6. The van der Waals surface area contributed by atoms with E-state index in [0.29, 0.717) is 36.7 Å².